The van der Waals surface area contributed by atoms with Crippen LogP contribution in [0.15, 0.2) is 29.3 Å². The number of nitrogens with one attached hydrogen (secondary N) is 2. The highest BCUT2D eigenvalue weighted by Crippen LogP contribution is 2.71. The zero-order valence-corrected chi connectivity index (χ0v) is 23.2. The van der Waals surface area contributed by atoms with Crippen LogP contribution in [-0.2, 0) is 21.4 Å². The van der Waals surface area contributed by atoms with Crippen molar-refractivity contribution in [2.75, 3.05) is 6.54 Å². The average Bonchev–Trinajstić information content (AvgIpc) is 2.99. The monoisotopic (exact) mass is 562 g/mol. The molecule has 12 heteroatoms. The maximum atomic E-state index is 13.6. The van der Waals surface area contributed by atoms with Crippen molar-refractivity contribution in [3.63, 3.8) is 0 Å². The van der Waals surface area contributed by atoms with Gasteiger partial charge in [-0.2, -0.15) is 17.5 Å². The van der Waals surface area contributed by atoms with Gasteiger partial charge in [0.15, 0.2) is 6.04 Å². The van der Waals surface area contributed by atoms with Crippen LogP contribution < -0.4 is 10.6 Å². The normalized spacial score (nSPS) is 28.7. The summed E-state index contributed by atoms with van der Waals surface area (Å²) in [7, 11) is -3.66. The lowest BCUT2D eigenvalue weighted by molar-refractivity contribution is -0.151. The van der Waals surface area contributed by atoms with Gasteiger partial charge in [0.1, 0.15) is 5.84 Å². The second-order valence-electron chi connectivity index (χ2n) is 12.2. The van der Waals surface area contributed by atoms with Gasteiger partial charge in [-0.05, 0) is 71.6 Å². The first-order valence-electron chi connectivity index (χ1n) is 12.3. The number of aliphatic imine (C=N–C) groups is 1. The third kappa shape index (κ3) is 5.11. The molecule has 3 fully saturated rings. The Morgan fingerprint density at radius 3 is 2.24 bits per heavy atom. The van der Waals surface area contributed by atoms with E-state index in [-0.39, 0.29) is 12.0 Å². The molecule has 0 unspecified atom stereocenters. The topological polar surface area (TPSA) is 90.9 Å². The molecule has 1 aromatic rings. The van der Waals surface area contributed by atoms with E-state index >= 15 is 0 Å². The number of hydrogen-bond acceptors (Lipinski definition) is 5. The number of carbonyl (C=O) groups is 1. The van der Waals surface area contributed by atoms with Gasteiger partial charge < -0.3 is 10.6 Å². The van der Waals surface area contributed by atoms with Crippen LogP contribution in [0.25, 0.3) is 0 Å². The quantitative estimate of drug-likeness (QED) is 0.491. The molecular formula is C25H34ClF3N4O3S. The van der Waals surface area contributed by atoms with Crippen molar-refractivity contribution in [2.24, 2.45) is 10.4 Å². The first-order valence-corrected chi connectivity index (χ1v) is 14.1. The molecule has 1 atom stereocenters. The van der Waals surface area contributed by atoms with Crippen LogP contribution in [0.1, 0.15) is 65.9 Å². The number of amides is 1. The molecule has 0 saturated heterocycles. The minimum atomic E-state index is -4.35. The van der Waals surface area contributed by atoms with E-state index in [4.69, 9.17) is 11.6 Å². The lowest BCUT2D eigenvalue weighted by Gasteiger charge is -2.73. The summed E-state index contributed by atoms with van der Waals surface area (Å²) in [6.45, 7) is 8.36. The Hall–Kier alpha value is -1.85. The third-order valence-corrected chi connectivity index (χ3v) is 10.6. The molecule has 0 radical (unpaired) electrons. The van der Waals surface area contributed by atoms with Crippen LogP contribution in [0.5, 0.6) is 0 Å². The summed E-state index contributed by atoms with van der Waals surface area (Å²) in [6.07, 6.45) is -3.77. The van der Waals surface area contributed by atoms with Gasteiger partial charge in [0, 0.05) is 29.1 Å². The Morgan fingerprint density at radius 1 is 1.16 bits per heavy atom. The minimum Gasteiger partial charge on any atom is -0.366 e. The zero-order chi connectivity index (χ0) is 27.7. The summed E-state index contributed by atoms with van der Waals surface area (Å²) in [5.41, 5.74) is -0.860. The summed E-state index contributed by atoms with van der Waals surface area (Å²) in [5.74, 6) is 0.0766. The van der Waals surface area contributed by atoms with Crippen LogP contribution >= 0.6 is 11.6 Å². The van der Waals surface area contributed by atoms with Crippen LogP contribution in [0.2, 0.25) is 5.02 Å². The Balaban J connectivity index is 1.51. The van der Waals surface area contributed by atoms with Gasteiger partial charge in [-0.25, -0.2) is 8.42 Å². The number of benzene rings is 1. The fraction of sp³-hybridized carbons (Fsp3) is 0.680. The summed E-state index contributed by atoms with van der Waals surface area (Å²) >= 11 is 6.01. The first kappa shape index (κ1) is 28.2. The maximum absolute atomic E-state index is 13.6. The fourth-order valence-electron chi connectivity index (χ4n) is 5.62. The Kier molecular flexibility index (Phi) is 6.73. The van der Waals surface area contributed by atoms with Crippen molar-refractivity contribution in [3.8, 4) is 0 Å². The van der Waals surface area contributed by atoms with E-state index < -0.39 is 56.9 Å². The molecule has 1 heterocycles. The number of alkyl halides is 3. The van der Waals surface area contributed by atoms with Crippen LogP contribution in [0, 0.1) is 5.41 Å². The van der Waals surface area contributed by atoms with Crippen molar-refractivity contribution in [2.45, 2.75) is 94.9 Å². The Morgan fingerprint density at radius 2 is 1.73 bits per heavy atom. The molecule has 1 amide bonds. The highest BCUT2D eigenvalue weighted by Gasteiger charge is 2.75. The molecule has 0 aromatic heterocycles. The molecule has 5 rings (SSSR count). The van der Waals surface area contributed by atoms with E-state index in [9.17, 15) is 26.4 Å². The Bertz CT molecular complexity index is 1190. The lowest BCUT2D eigenvalue weighted by Crippen LogP contribution is -2.79. The fourth-order valence-corrected chi connectivity index (χ4v) is 7.43. The van der Waals surface area contributed by atoms with E-state index in [1.165, 1.54) is 0 Å². The predicted molar refractivity (Wildman–Crippen MR) is 137 cm³/mol. The largest absolute Gasteiger partial charge is 0.390 e. The molecule has 37 heavy (non-hydrogen) atoms. The van der Waals surface area contributed by atoms with Gasteiger partial charge in [0.2, 0.25) is 15.9 Å². The van der Waals surface area contributed by atoms with Crippen molar-refractivity contribution < 1.29 is 26.4 Å². The molecule has 1 aromatic carbocycles. The van der Waals surface area contributed by atoms with Gasteiger partial charge >= 0.3 is 6.18 Å². The van der Waals surface area contributed by atoms with Gasteiger partial charge in [0.05, 0.1) is 16.7 Å². The van der Waals surface area contributed by atoms with Gasteiger partial charge in [0.25, 0.3) is 0 Å². The number of sulfonamides is 1. The third-order valence-electron chi connectivity index (χ3n) is 7.68. The van der Waals surface area contributed by atoms with Crippen molar-refractivity contribution in [3.05, 3.63) is 34.9 Å². The molecule has 3 aliphatic carbocycles. The van der Waals surface area contributed by atoms with Crippen molar-refractivity contribution in [1.29, 1.82) is 0 Å². The number of rotatable bonds is 8. The molecular weight excluding hydrogens is 529 g/mol. The maximum Gasteiger partial charge on any atom is 0.390 e. The molecule has 2 bridgehead atoms. The van der Waals surface area contributed by atoms with E-state index in [0.29, 0.717) is 30.1 Å². The summed E-state index contributed by atoms with van der Waals surface area (Å²) < 4.78 is 65.4. The SMILES string of the molecule is CC1(C)NC(C23CC(N(Cc4ccc(Cl)cc4)S(=O)(=O)C(C)(C)C)(C2)C3)=N[C@H]1C(=O)NCCC(F)(F)F. The highest BCUT2D eigenvalue weighted by atomic mass is 35.5. The highest BCUT2D eigenvalue weighted by molar-refractivity contribution is 7.90. The summed E-state index contributed by atoms with van der Waals surface area (Å²) in [5, 5.41) is 6.23. The Labute approximate surface area is 221 Å². The number of nitrogens with zero attached hydrogens (tertiary/aromatic N) is 2. The van der Waals surface area contributed by atoms with Gasteiger partial charge in [-0.1, -0.05) is 23.7 Å². The smallest absolute Gasteiger partial charge is 0.366 e. The minimum absolute atomic E-state index is 0.225. The number of amidine groups is 1. The average molecular weight is 563 g/mol. The van der Waals surface area contributed by atoms with E-state index in [1.54, 1.807) is 51.1 Å². The van der Waals surface area contributed by atoms with E-state index in [1.807, 2.05) is 12.1 Å². The van der Waals surface area contributed by atoms with Crippen LogP contribution in [0.4, 0.5) is 13.2 Å². The molecule has 3 saturated carbocycles. The molecule has 7 nitrogen and oxygen atoms in total. The lowest BCUT2D eigenvalue weighted by atomic mass is 9.38. The van der Waals surface area contributed by atoms with Crippen molar-refractivity contribution >= 4 is 33.4 Å². The summed E-state index contributed by atoms with van der Waals surface area (Å²) in [6, 6.07) is 6.25. The molecule has 1 aliphatic heterocycles. The van der Waals surface area contributed by atoms with Crippen LogP contribution in [0.3, 0.4) is 0 Å². The second-order valence-corrected chi connectivity index (χ2v) is 15.2. The standard InChI is InChI=1S/C25H34ClF3N4O3S/c1-21(2,3)37(35,36)33(12-16-6-8-17(26)9-7-16)24-13-23(14-24,15-24)20-31-18(22(4,5)32-20)19(34)30-11-10-25(27,28)29/h6-9,18H,10-15H2,1-5H3,(H,30,34)(H,31,32)/t18-,23?,24?/m0/s1. The van der Waals surface area contributed by atoms with Crippen molar-refractivity contribution in [1.82, 2.24) is 14.9 Å². The first-order chi connectivity index (χ1) is 16.8. The zero-order valence-electron chi connectivity index (χ0n) is 21.7. The second kappa shape index (κ2) is 8.84. The predicted octanol–water partition coefficient (Wildman–Crippen LogP) is 4.41. The number of hydrogen-bond donors (Lipinski definition) is 2. The number of halogens is 4. The molecule has 2 N–H and O–H groups in total. The van der Waals surface area contributed by atoms with Gasteiger partial charge in [-0.3, -0.25) is 9.79 Å². The van der Waals surface area contributed by atoms with Gasteiger partial charge in [-0.15, -0.1) is 0 Å². The van der Waals surface area contributed by atoms with Crippen LogP contribution in [-0.4, -0.2) is 59.1 Å². The molecule has 4 aliphatic rings. The van der Waals surface area contributed by atoms with E-state index in [0.717, 1.165) is 5.56 Å². The summed E-state index contributed by atoms with van der Waals surface area (Å²) in [4.78, 5) is 17.3. The molecule has 0 spiro atoms. The van der Waals surface area contributed by atoms with E-state index in [2.05, 4.69) is 15.6 Å². The molecule has 206 valence electrons. The number of carbonyl (C=O) groups excluding carboxylic acids is 1.